The highest BCUT2D eigenvalue weighted by molar-refractivity contribution is 6.46. The van der Waals surface area contributed by atoms with Gasteiger partial charge in [-0.2, -0.15) is 0 Å². The molecule has 9 nitrogen and oxygen atoms in total. The number of aliphatic hydroxyl groups excluding tert-OH is 1. The zero-order valence-corrected chi connectivity index (χ0v) is 18.5. The van der Waals surface area contributed by atoms with E-state index in [2.05, 4.69) is 0 Å². The molecule has 0 spiro atoms. The first-order valence-electron chi connectivity index (χ1n) is 10.8. The fourth-order valence-corrected chi connectivity index (χ4v) is 3.88. The molecule has 1 amide bonds. The molecule has 0 aliphatic carbocycles. The van der Waals surface area contributed by atoms with Crippen LogP contribution in [0.15, 0.2) is 48.0 Å². The third-order valence-electron chi connectivity index (χ3n) is 5.47. The van der Waals surface area contributed by atoms with E-state index in [9.17, 15) is 29.9 Å². The van der Waals surface area contributed by atoms with E-state index in [0.29, 0.717) is 25.1 Å². The number of non-ortho nitro benzene ring substituents is 1. The molecule has 0 saturated carbocycles. The summed E-state index contributed by atoms with van der Waals surface area (Å²) in [5.41, 5.74) is 0.115. The maximum absolute atomic E-state index is 13.0. The van der Waals surface area contributed by atoms with Gasteiger partial charge in [-0.05, 0) is 31.0 Å². The molecular weight excluding hydrogens is 428 g/mol. The van der Waals surface area contributed by atoms with Crippen molar-refractivity contribution in [3.63, 3.8) is 0 Å². The molecule has 1 atom stereocenters. The van der Waals surface area contributed by atoms with Crippen LogP contribution in [0.1, 0.15) is 50.3 Å². The van der Waals surface area contributed by atoms with E-state index >= 15 is 0 Å². The lowest BCUT2D eigenvalue weighted by Crippen LogP contribution is -2.30. The minimum absolute atomic E-state index is 0.0598. The number of nitro groups is 1. The fourth-order valence-electron chi connectivity index (χ4n) is 3.88. The summed E-state index contributed by atoms with van der Waals surface area (Å²) in [4.78, 5) is 37.9. The fraction of sp³-hybridized carbons (Fsp3) is 0.333. The Hall–Kier alpha value is -3.88. The SMILES string of the molecule is CCCCCN1C(=O)C(=O)/C(=C(/O)c2cccc([N+](=O)[O-])c2)C1c1ccc(O)c(OCC)c1. The first kappa shape index (κ1) is 23.8. The van der Waals surface area contributed by atoms with Crippen LogP contribution < -0.4 is 4.74 Å². The Balaban J connectivity index is 2.18. The lowest BCUT2D eigenvalue weighted by molar-refractivity contribution is -0.384. The van der Waals surface area contributed by atoms with Crippen LogP contribution in [-0.2, 0) is 9.59 Å². The topological polar surface area (TPSA) is 130 Å². The average molecular weight is 454 g/mol. The van der Waals surface area contributed by atoms with Crippen LogP contribution in [0.3, 0.4) is 0 Å². The Labute approximate surface area is 191 Å². The molecule has 9 heteroatoms. The van der Waals surface area contributed by atoms with E-state index in [-0.39, 0.29) is 28.3 Å². The number of likely N-dealkylation sites (tertiary alicyclic amines) is 1. The summed E-state index contributed by atoms with van der Waals surface area (Å²) in [7, 11) is 0. The lowest BCUT2D eigenvalue weighted by Gasteiger charge is -2.26. The van der Waals surface area contributed by atoms with Crippen molar-refractivity contribution in [2.24, 2.45) is 0 Å². The maximum atomic E-state index is 13.0. The number of phenolic OH excluding ortho intramolecular Hbond substituents is 1. The molecule has 1 fully saturated rings. The van der Waals surface area contributed by atoms with Crippen LogP contribution in [0.2, 0.25) is 0 Å². The number of Topliss-reactive ketones (excluding diaryl/α,β-unsaturated/α-hetero) is 1. The highest BCUT2D eigenvalue weighted by Gasteiger charge is 2.46. The van der Waals surface area contributed by atoms with Crippen molar-refractivity contribution in [3.8, 4) is 11.5 Å². The zero-order chi connectivity index (χ0) is 24.1. The molecule has 1 aliphatic heterocycles. The number of ketones is 1. The van der Waals surface area contributed by atoms with E-state index in [1.807, 2.05) is 6.92 Å². The predicted octanol–water partition coefficient (Wildman–Crippen LogP) is 4.31. The number of benzene rings is 2. The van der Waals surface area contributed by atoms with Crippen molar-refractivity contribution in [1.29, 1.82) is 0 Å². The summed E-state index contributed by atoms with van der Waals surface area (Å²) in [5, 5.41) is 32.3. The summed E-state index contributed by atoms with van der Waals surface area (Å²) in [5.74, 6) is -2.03. The van der Waals surface area contributed by atoms with Crippen molar-refractivity contribution >= 4 is 23.1 Å². The first-order chi connectivity index (χ1) is 15.8. The van der Waals surface area contributed by atoms with Gasteiger partial charge in [0.2, 0.25) is 0 Å². The van der Waals surface area contributed by atoms with Gasteiger partial charge in [-0.3, -0.25) is 19.7 Å². The molecule has 2 aromatic rings. The van der Waals surface area contributed by atoms with Gasteiger partial charge >= 0.3 is 0 Å². The van der Waals surface area contributed by atoms with Crippen molar-refractivity contribution in [2.75, 3.05) is 13.2 Å². The number of nitro benzene ring substituents is 1. The highest BCUT2D eigenvalue weighted by Crippen LogP contribution is 2.42. The Morgan fingerprint density at radius 3 is 2.58 bits per heavy atom. The number of carbonyl (C=O) groups excluding carboxylic acids is 2. The predicted molar refractivity (Wildman–Crippen MR) is 121 cm³/mol. The first-order valence-corrected chi connectivity index (χ1v) is 10.8. The number of aromatic hydroxyl groups is 1. The number of hydrogen-bond acceptors (Lipinski definition) is 7. The molecule has 1 heterocycles. The maximum Gasteiger partial charge on any atom is 0.295 e. The Morgan fingerprint density at radius 2 is 1.91 bits per heavy atom. The van der Waals surface area contributed by atoms with Gasteiger partial charge in [0.05, 0.1) is 23.1 Å². The monoisotopic (exact) mass is 454 g/mol. The van der Waals surface area contributed by atoms with Crippen LogP contribution in [-0.4, -0.2) is 44.9 Å². The van der Waals surface area contributed by atoms with E-state index in [4.69, 9.17) is 4.74 Å². The van der Waals surface area contributed by atoms with E-state index in [1.54, 1.807) is 13.0 Å². The second-order valence-electron chi connectivity index (χ2n) is 7.67. The number of ether oxygens (including phenoxy) is 1. The minimum Gasteiger partial charge on any atom is -0.507 e. The van der Waals surface area contributed by atoms with Gasteiger partial charge in [-0.25, -0.2) is 0 Å². The molecule has 1 saturated heterocycles. The molecule has 0 radical (unpaired) electrons. The smallest absolute Gasteiger partial charge is 0.295 e. The second-order valence-corrected chi connectivity index (χ2v) is 7.67. The number of aliphatic hydroxyl groups is 1. The third-order valence-corrected chi connectivity index (χ3v) is 5.47. The molecule has 0 aromatic heterocycles. The normalized spacial score (nSPS) is 17.4. The van der Waals surface area contributed by atoms with Crippen LogP contribution >= 0.6 is 0 Å². The van der Waals surface area contributed by atoms with Gasteiger partial charge in [-0.15, -0.1) is 0 Å². The van der Waals surface area contributed by atoms with Gasteiger partial charge < -0.3 is 19.8 Å². The van der Waals surface area contributed by atoms with Crippen LogP contribution in [0.4, 0.5) is 5.69 Å². The lowest BCUT2D eigenvalue weighted by atomic mass is 9.94. The van der Waals surface area contributed by atoms with Gasteiger partial charge in [0.15, 0.2) is 11.5 Å². The zero-order valence-electron chi connectivity index (χ0n) is 18.5. The number of carbonyl (C=O) groups is 2. The van der Waals surface area contributed by atoms with E-state index < -0.39 is 28.4 Å². The van der Waals surface area contributed by atoms with Crippen LogP contribution in [0.5, 0.6) is 11.5 Å². The molecule has 3 rings (SSSR count). The standard InChI is InChI=1S/C24H26N2O7/c1-3-5-6-12-25-21(15-10-11-18(27)19(14-15)33-4-2)20(23(29)24(25)30)22(28)16-8-7-9-17(13-16)26(31)32/h7-11,13-14,21,27-28H,3-6,12H2,1-2H3/b22-20+. The third kappa shape index (κ3) is 4.82. The van der Waals surface area contributed by atoms with Crippen molar-refractivity contribution in [3.05, 3.63) is 69.3 Å². The van der Waals surface area contributed by atoms with Crippen LogP contribution in [0.25, 0.3) is 5.76 Å². The largest absolute Gasteiger partial charge is 0.507 e. The highest BCUT2D eigenvalue weighted by atomic mass is 16.6. The number of amides is 1. The van der Waals surface area contributed by atoms with Gasteiger partial charge in [0.25, 0.3) is 17.4 Å². The number of phenols is 1. The van der Waals surface area contributed by atoms with Crippen molar-refractivity contribution in [2.45, 2.75) is 39.2 Å². The molecule has 174 valence electrons. The van der Waals surface area contributed by atoms with Gasteiger partial charge in [0.1, 0.15) is 5.76 Å². The molecule has 0 bridgehead atoms. The Kier molecular flexibility index (Phi) is 7.32. The number of nitrogens with zero attached hydrogens (tertiary/aromatic N) is 2. The van der Waals surface area contributed by atoms with E-state index in [0.717, 1.165) is 18.9 Å². The molecule has 33 heavy (non-hydrogen) atoms. The Morgan fingerprint density at radius 1 is 1.15 bits per heavy atom. The molecule has 2 aromatic carbocycles. The summed E-state index contributed by atoms with van der Waals surface area (Å²) < 4.78 is 5.45. The number of rotatable bonds is 9. The minimum atomic E-state index is -0.930. The number of unbranched alkanes of at least 4 members (excludes halogenated alkanes) is 2. The summed E-state index contributed by atoms with van der Waals surface area (Å²) in [6, 6.07) is 8.82. The average Bonchev–Trinajstić information content (AvgIpc) is 3.05. The second kappa shape index (κ2) is 10.2. The van der Waals surface area contributed by atoms with E-state index in [1.165, 1.54) is 35.2 Å². The molecule has 2 N–H and O–H groups in total. The van der Waals surface area contributed by atoms with Gasteiger partial charge in [0, 0.05) is 24.2 Å². The molecule has 1 unspecified atom stereocenters. The van der Waals surface area contributed by atoms with Crippen molar-refractivity contribution < 1.29 is 29.5 Å². The summed E-state index contributed by atoms with van der Waals surface area (Å²) in [6.07, 6.45) is 2.42. The molecule has 1 aliphatic rings. The molecular formula is C24H26N2O7. The number of hydrogen-bond donors (Lipinski definition) is 2. The Bertz CT molecular complexity index is 1110. The quantitative estimate of drug-likeness (QED) is 0.144. The summed E-state index contributed by atoms with van der Waals surface area (Å²) in [6.45, 7) is 4.36. The van der Waals surface area contributed by atoms with Crippen LogP contribution in [0, 0.1) is 10.1 Å². The van der Waals surface area contributed by atoms with Gasteiger partial charge in [-0.1, -0.05) is 38.0 Å². The van der Waals surface area contributed by atoms with Crippen molar-refractivity contribution in [1.82, 2.24) is 4.90 Å². The summed E-state index contributed by atoms with van der Waals surface area (Å²) >= 11 is 0.